The highest BCUT2D eigenvalue weighted by Gasteiger charge is 2.27. The van der Waals surface area contributed by atoms with Crippen molar-refractivity contribution in [1.82, 2.24) is 0 Å². The molecule has 3 heteroatoms. The molecule has 0 aromatic heterocycles. The van der Waals surface area contributed by atoms with Crippen LogP contribution in [0.5, 0.6) is 5.75 Å². The first-order valence-corrected chi connectivity index (χ1v) is 11.8. The summed E-state index contributed by atoms with van der Waals surface area (Å²) in [5, 5.41) is 0. The Morgan fingerprint density at radius 1 is 0.636 bits per heavy atom. The number of hydrogen-bond acceptors (Lipinski definition) is 2. The predicted octanol–water partition coefficient (Wildman–Crippen LogP) is 8.14. The van der Waals surface area contributed by atoms with Gasteiger partial charge in [-0.1, -0.05) is 84.9 Å². The number of para-hydroxylation sites is 1. The standard InChI is InChI=1S/C30H24BrNO/c1-33-26-18-16-22(17-19-26)25-20-29(23-10-4-2-5-11-23)32(28-15-9-8-14-27(28)31)30(21-25)24-12-6-3-7-13-24/h2-21,25H,1H3. The molecule has 0 N–H and O–H groups in total. The van der Waals surface area contributed by atoms with Crippen LogP contribution in [0.1, 0.15) is 22.6 Å². The van der Waals surface area contributed by atoms with E-state index in [2.05, 4.69) is 130 Å². The van der Waals surface area contributed by atoms with E-state index < -0.39 is 0 Å². The van der Waals surface area contributed by atoms with Gasteiger partial charge in [-0.25, -0.2) is 0 Å². The summed E-state index contributed by atoms with van der Waals surface area (Å²) in [7, 11) is 1.70. The molecule has 1 aliphatic rings. The van der Waals surface area contributed by atoms with E-state index in [-0.39, 0.29) is 5.92 Å². The number of allylic oxidation sites excluding steroid dienone is 2. The molecule has 0 bridgehead atoms. The van der Waals surface area contributed by atoms with Crippen LogP contribution in [0.25, 0.3) is 11.4 Å². The van der Waals surface area contributed by atoms with Gasteiger partial charge < -0.3 is 9.64 Å². The van der Waals surface area contributed by atoms with Crippen molar-refractivity contribution >= 4 is 33.0 Å². The van der Waals surface area contributed by atoms with E-state index in [0.717, 1.165) is 27.3 Å². The Kier molecular flexibility index (Phi) is 6.14. The van der Waals surface area contributed by atoms with Gasteiger partial charge in [0.25, 0.3) is 0 Å². The van der Waals surface area contributed by atoms with Crippen molar-refractivity contribution in [2.75, 3.05) is 12.0 Å². The summed E-state index contributed by atoms with van der Waals surface area (Å²) in [6.45, 7) is 0. The lowest BCUT2D eigenvalue weighted by atomic mass is 9.89. The van der Waals surface area contributed by atoms with E-state index in [1.54, 1.807) is 7.11 Å². The second-order valence-corrected chi connectivity index (χ2v) is 8.78. The number of benzene rings is 4. The van der Waals surface area contributed by atoms with Gasteiger partial charge in [-0.15, -0.1) is 0 Å². The Bertz CT molecular complexity index is 1240. The van der Waals surface area contributed by atoms with Gasteiger partial charge in [0.05, 0.1) is 24.2 Å². The van der Waals surface area contributed by atoms with E-state index in [1.807, 2.05) is 12.1 Å². The van der Waals surface area contributed by atoms with Crippen molar-refractivity contribution in [1.29, 1.82) is 0 Å². The summed E-state index contributed by atoms with van der Waals surface area (Å²) in [4.78, 5) is 2.36. The van der Waals surface area contributed by atoms with Gasteiger partial charge in [0.15, 0.2) is 0 Å². The van der Waals surface area contributed by atoms with E-state index in [9.17, 15) is 0 Å². The minimum Gasteiger partial charge on any atom is -0.497 e. The molecule has 0 aliphatic carbocycles. The number of methoxy groups -OCH3 is 1. The van der Waals surface area contributed by atoms with Crippen molar-refractivity contribution in [3.8, 4) is 5.75 Å². The quantitative estimate of drug-likeness (QED) is 0.278. The van der Waals surface area contributed by atoms with Crippen molar-refractivity contribution in [3.05, 3.63) is 143 Å². The number of anilines is 1. The predicted molar refractivity (Wildman–Crippen MR) is 141 cm³/mol. The number of halogens is 1. The van der Waals surface area contributed by atoms with Crippen molar-refractivity contribution < 1.29 is 4.74 Å². The Morgan fingerprint density at radius 2 is 1.15 bits per heavy atom. The monoisotopic (exact) mass is 493 g/mol. The van der Waals surface area contributed by atoms with Crippen molar-refractivity contribution in [2.45, 2.75) is 5.92 Å². The largest absolute Gasteiger partial charge is 0.497 e. The molecule has 0 atom stereocenters. The van der Waals surface area contributed by atoms with Crippen LogP contribution in [-0.4, -0.2) is 7.11 Å². The molecular weight excluding hydrogens is 470 g/mol. The normalized spacial score (nSPS) is 13.9. The smallest absolute Gasteiger partial charge is 0.118 e. The topological polar surface area (TPSA) is 12.5 Å². The molecular formula is C30H24BrNO. The van der Waals surface area contributed by atoms with Crippen molar-refractivity contribution in [3.63, 3.8) is 0 Å². The molecule has 0 saturated heterocycles. The van der Waals surface area contributed by atoms with Crippen LogP contribution < -0.4 is 9.64 Å². The molecule has 0 radical (unpaired) electrons. The third-order valence-electron chi connectivity index (χ3n) is 5.89. The lowest BCUT2D eigenvalue weighted by molar-refractivity contribution is 0.414. The summed E-state index contributed by atoms with van der Waals surface area (Å²) in [6, 6.07) is 37.9. The molecule has 4 aromatic rings. The van der Waals surface area contributed by atoms with Crippen LogP contribution in [0, 0.1) is 0 Å². The lowest BCUT2D eigenvalue weighted by Crippen LogP contribution is -2.24. The first-order chi connectivity index (χ1) is 16.2. The zero-order valence-electron chi connectivity index (χ0n) is 18.4. The molecule has 0 saturated carbocycles. The van der Waals surface area contributed by atoms with Crippen LogP contribution in [0.15, 0.2) is 126 Å². The third-order valence-corrected chi connectivity index (χ3v) is 6.56. The summed E-state index contributed by atoms with van der Waals surface area (Å²) >= 11 is 3.80. The van der Waals surface area contributed by atoms with Crippen LogP contribution in [0.4, 0.5) is 5.69 Å². The number of ether oxygens (including phenoxy) is 1. The summed E-state index contributed by atoms with van der Waals surface area (Å²) in [5.74, 6) is 0.990. The van der Waals surface area contributed by atoms with Gasteiger partial charge in [-0.2, -0.15) is 0 Å². The highest BCUT2D eigenvalue weighted by Crippen LogP contribution is 2.44. The number of hydrogen-bond donors (Lipinski definition) is 0. The van der Waals surface area contributed by atoms with Gasteiger partial charge in [-0.3, -0.25) is 0 Å². The summed E-state index contributed by atoms with van der Waals surface area (Å²) < 4.78 is 6.43. The maximum atomic E-state index is 5.38. The van der Waals surface area contributed by atoms with Gasteiger partial charge in [0.1, 0.15) is 5.75 Å². The molecule has 2 nitrogen and oxygen atoms in total. The fraction of sp³-hybridized carbons (Fsp3) is 0.0667. The molecule has 0 amide bonds. The molecule has 1 heterocycles. The minimum absolute atomic E-state index is 0.125. The molecule has 162 valence electrons. The van der Waals surface area contributed by atoms with Crippen LogP contribution in [-0.2, 0) is 0 Å². The Labute approximate surface area is 203 Å². The highest BCUT2D eigenvalue weighted by atomic mass is 79.9. The van der Waals surface area contributed by atoms with E-state index in [0.29, 0.717) is 0 Å². The molecule has 5 rings (SSSR count). The minimum atomic E-state index is 0.125. The SMILES string of the molecule is COc1ccc(C2C=C(c3ccccc3)N(c3ccccc3Br)C(c3ccccc3)=C2)cc1. The third kappa shape index (κ3) is 4.37. The Hall–Kier alpha value is -3.56. The average molecular weight is 494 g/mol. The summed E-state index contributed by atoms with van der Waals surface area (Å²) in [6.07, 6.45) is 4.70. The van der Waals surface area contributed by atoms with Crippen LogP contribution >= 0.6 is 15.9 Å². The van der Waals surface area contributed by atoms with Gasteiger partial charge in [0, 0.05) is 10.4 Å². The fourth-order valence-electron chi connectivity index (χ4n) is 4.25. The summed E-state index contributed by atoms with van der Waals surface area (Å²) in [5.41, 5.74) is 7.00. The molecule has 4 aromatic carbocycles. The second kappa shape index (κ2) is 9.51. The van der Waals surface area contributed by atoms with Gasteiger partial charge in [0.2, 0.25) is 0 Å². The molecule has 33 heavy (non-hydrogen) atoms. The molecule has 0 spiro atoms. The lowest BCUT2D eigenvalue weighted by Gasteiger charge is -2.36. The zero-order chi connectivity index (χ0) is 22.6. The van der Waals surface area contributed by atoms with E-state index in [1.165, 1.54) is 16.7 Å². The zero-order valence-corrected chi connectivity index (χ0v) is 19.9. The van der Waals surface area contributed by atoms with Crippen LogP contribution in [0.3, 0.4) is 0 Å². The maximum Gasteiger partial charge on any atom is 0.118 e. The van der Waals surface area contributed by atoms with Crippen LogP contribution in [0.2, 0.25) is 0 Å². The van der Waals surface area contributed by atoms with E-state index >= 15 is 0 Å². The van der Waals surface area contributed by atoms with Gasteiger partial charge in [-0.05, 0) is 69.0 Å². The second-order valence-electron chi connectivity index (χ2n) is 7.92. The van der Waals surface area contributed by atoms with Crippen molar-refractivity contribution in [2.24, 2.45) is 0 Å². The molecule has 0 fully saturated rings. The highest BCUT2D eigenvalue weighted by molar-refractivity contribution is 9.10. The molecule has 0 unspecified atom stereocenters. The fourth-order valence-corrected chi connectivity index (χ4v) is 4.71. The maximum absolute atomic E-state index is 5.38. The average Bonchev–Trinajstić information content (AvgIpc) is 2.89. The first kappa shape index (κ1) is 21.3. The van der Waals surface area contributed by atoms with E-state index in [4.69, 9.17) is 4.74 Å². The Morgan fingerprint density at radius 3 is 1.67 bits per heavy atom. The number of rotatable bonds is 5. The molecule has 1 aliphatic heterocycles. The Balaban J connectivity index is 1.73. The number of nitrogens with zero attached hydrogens (tertiary/aromatic N) is 1. The van der Waals surface area contributed by atoms with Gasteiger partial charge >= 0.3 is 0 Å². The first-order valence-electron chi connectivity index (χ1n) is 11.0.